The smallest absolute Gasteiger partial charge is 0.253 e. The Hall–Kier alpha value is -3.16. The Morgan fingerprint density at radius 1 is 1.12 bits per heavy atom. The SMILES string of the molecule is CCOCCN1CCN(C(=O)c2cccc(C(=N)C=C(N)c3ccc(O)c(C)c3)c2)CC1. The standard InChI is InChI=1S/C25H32N4O3/c1-3-32-14-13-28-9-11-29(12-10-28)25(31)21-6-4-5-19(16-21)22(26)17-23(27)20-7-8-24(30)18(2)15-20/h4-8,15-17,26,30H,3,9-14,27H2,1-2H3. The minimum atomic E-state index is -0.0183. The molecule has 2 aromatic carbocycles. The van der Waals surface area contributed by atoms with Crippen LogP contribution in [0.25, 0.3) is 5.70 Å². The molecule has 1 aliphatic heterocycles. The van der Waals surface area contributed by atoms with E-state index in [0.29, 0.717) is 29.9 Å². The maximum absolute atomic E-state index is 13.0. The lowest BCUT2D eigenvalue weighted by Crippen LogP contribution is -2.49. The topological polar surface area (TPSA) is 103 Å². The van der Waals surface area contributed by atoms with Crippen LogP contribution in [0.4, 0.5) is 0 Å². The van der Waals surface area contributed by atoms with Gasteiger partial charge in [-0.25, -0.2) is 0 Å². The van der Waals surface area contributed by atoms with Crippen molar-refractivity contribution in [3.05, 3.63) is 70.8 Å². The number of amides is 1. The van der Waals surface area contributed by atoms with Crippen LogP contribution in [0.5, 0.6) is 5.75 Å². The molecule has 1 aliphatic rings. The van der Waals surface area contributed by atoms with E-state index in [9.17, 15) is 9.90 Å². The summed E-state index contributed by atoms with van der Waals surface area (Å²) in [6.07, 6.45) is 1.58. The van der Waals surface area contributed by atoms with E-state index in [2.05, 4.69) is 4.90 Å². The number of hydrogen-bond acceptors (Lipinski definition) is 6. The average molecular weight is 437 g/mol. The highest BCUT2D eigenvalue weighted by molar-refractivity contribution is 6.11. The molecule has 170 valence electrons. The molecule has 0 unspecified atom stereocenters. The molecule has 0 aromatic heterocycles. The van der Waals surface area contributed by atoms with Crippen molar-refractivity contribution in [3.8, 4) is 5.75 Å². The van der Waals surface area contributed by atoms with E-state index in [0.717, 1.165) is 44.0 Å². The lowest BCUT2D eigenvalue weighted by atomic mass is 10.0. The van der Waals surface area contributed by atoms with E-state index in [1.807, 2.05) is 11.8 Å². The van der Waals surface area contributed by atoms with E-state index in [4.69, 9.17) is 15.9 Å². The largest absolute Gasteiger partial charge is 0.508 e. The second-order valence-corrected chi connectivity index (χ2v) is 7.93. The molecule has 1 amide bonds. The lowest BCUT2D eigenvalue weighted by molar-refractivity contribution is 0.0565. The van der Waals surface area contributed by atoms with E-state index in [1.54, 1.807) is 55.5 Å². The first kappa shape index (κ1) is 23.5. The fraction of sp³-hybridized carbons (Fsp3) is 0.360. The lowest BCUT2D eigenvalue weighted by Gasteiger charge is -2.34. The highest BCUT2D eigenvalue weighted by atomic mass is 16.5. The first-order valence-corrected chi connectivity index (χ1v) is 10.9. The van der Waals surface area contributed by atoms with Crippen molar-refractivity contribution < 1.29 is 14.6 Å². The number of hydrogen-bond donors (Lipinski definition) is 3. The van der Waals surface area contributed by atoms with E-state index >= 15 is 0 Å². The molecule has 2 aromatic rings. The van der Waals surface area contributed by atoms with Crippen molar-refractivity contribution in [2.45, 2.75) is 13.8 Å². The summed E-state index contributed by atoms with van der Waals surface area (Å²) in [5, 5.41) is 18.1. The Bertz CT molecular complexity index is 994. The number of rotatable bonds is 8. The number of benzene rings is 2. The van der Waals surface area contributed by atoms with Gasteiger partial charge in [-0.2, -0.15) is 0 Å². The van der Waals surface area contributed by atoms with Crippen LogP contribution >= 0.6 is 0 Å². The van der Waals surface area contributed by atoms with Gasteiger partial charge in [-0.15, -0.1) is 0 Å². The fourth-order valence-electron chi connectivity index (χ4n) is 3.67. The van der Waals surface area contributed by atoms with Crippen molar-refractivity contribution in [1.82, 2.24) is 9.80 Å². The summed E-state index contributed by atoms with van der Waals surface area (Å²) < 4.78 is 5.42. The average Bonchev–Trinajstić information content (AvgIpc) is 2.81. The number of aryl methyl sites for hydroxylation is 1. The highest BCUT2D eigenvalue weighted by Crippen LogP contribution is 2.20. The molecule has 0 bridgehead atoms. The number of allylic oxidation sites excluding steroid dienone is 1. The quantitative estimate of drug-likeness (QED) is 0.436. The first-order valence-electron chi connectivity index (χ1n) is 10.9. The van der Waals surface area contributed by atoms with Gasteiger partial charge in [0, 0.05) is 56.2 Å². The van der Waals surface area contributed by atoms with Gasteiger partial charge in [0.15, 0.2) is 0 Å². The van der Waals surface area contributed by atoms with Crippen LogP contribution < -0.4 is 5.73 Å². The molecule has 3 rings (SSSR count). The van der Waals surface area contributed by atoms with Gasteiger partial charge in [-0.3, -0.25) is 9.69 Å². The molecule has 4 N–H and O–H groups in total. The van der Waals surface area contributed by atoms with Gasteiger partial charge in [0.25, 0.3) is 5.91 Å². The maximum Gasteiger partial charge on any atom is 0.253 e. The minimum Gasteiger partial charge on any atom is -0.508 e. The van der Waals surface area contributed by atoms with Crippen molar-refractivity contribution in [2.75, 3.05) is 45.9 Å². The number of nitrogens with two attached hydrogens (primary N) is 1. The number of ether oxygens (including phenoxy) is 1. The third kappa shape index (κ3) is 5.96. The number of piperazine rings is 1. The fourth-order valence-corrected chi connectivity index (χ4v) is 3.67. The molecule has 7 nitrogen and oxygen atoms in total. The highest BCUT2D eigenvalue weighted by Gasteiger charge is 2.22. The number of aromatic hydroxyl groups is 1. The Morgan fingerprint density at radius 3 is 2.53 bits per heavy atom. The summed E-state index contributed by atoms with van der Waals surface area (Å²) in [6.45, 7) is 9.14. The summed E-state index contributed by atoms with van der Waals surface area (Å²) in [7, 11) is 0. The maximum atomic E-state index is 13.0. The van der Waals surface area contributed by atoms with Crippen LogP contribution in [0.3, 0.4) is 0 Å². The van der Waals surface area contributed by atoms with Gasteiger partial charge < -0.3 is 25.9 Å². The van der Waals surface area contributed by atoms with Gasteiger partial charge >= 0.3 is 0 Å². The summed E-state index contributed by atoms with van der Waals surface area (Å²) in [6, 6.07) is 12.2. The molecule has 32 heavy (non-hydrogen) atoms. The van der Waals surface area contributed by atoms with Gasteiger partial charge in [-0.05, 0) is 61.4 Å². The molecule has 1 saturated heterocycles. The predicted molar refractivity (Wildman–Crippen MR) is 127 cm³/mol. The van der Waals surface area contributed by atoms with Crippen molar-refractivity contribution >= 4 is 17.3 Å². The number of phenolic OH excluding ortho intramolecular Hbond substituents is 1. The number of nitrogens with one attached hydrogen (secondary N) is 1. The van der Waals surface area contributed by atoms with Crippen LogP contribution in [0.1, 0.15) is 34.0 Å². The van der Waals surface area contributed by atoms with Crippen molar-refractivity contribution in [2.24, 2.45) is 5.73 Å². The van der Waals surface area contributed by atoms with Gasteiger partial charge in [-0.1, -0.05) is 12.1 Å². The van der Waals surface area contributed by atoms with E-state index < -0.39 is 0 Å². The van der Waals surface area contributed by atoms with Crippen LogP contribution in [-0.4, -0.2) is 72.5 Å². The van der Waals surface area contributed by atoms with E-state index in [-0.39, 0.29) is 17.4 Å². The van der Waals surface area contributed by atoms with Crippen LogP contribution in [0.2, 0.25) is 0 Å². The number of carbonyl (C=O) groups is 1. The van der Waals surface area contributed by atoms with Crippen molar-refractivity contribution in [3.63, 3.8) is 0 Å². The Morgan fingerprint density at radius 2 is 1.84 bits per heavy atom. The molecule has 0 spiro atoms. The van der Waals surface area contributed by atoms with Crippen molar-refractivity contribution in [1.29, 1.82) is 5.41 Å². The predicted octanol–water partition coefficient (Wildman–Crippen LogP) is 2.86. The first-order chi connectivity index (χ1) is 15.4. The third-order valence-electron chi connectivity index (χ3n) is 5.67. The molecule has 1 fully saturated rings. The minimum absolute atomic E-state index is 0.0183. The van der Waals surface area contributed by atoms with Crippen LogP contribution in [0.15, 0.2) is 48.5 Å². The number of nitrogens with zero attached hydrogens (tertiary/aromatic N) is 2. The molecule has 0 radical (unpaired) electrons. The zero-order valence-corrected chi connectivity index (χ0v) is 18.8. The summed E-state index contributed by atoms with van der Waals surface area (Å²) in [5.74, 6) is 0.188. The zero-order valence-electron chi connectivity index (χ0n) is 18.8. The number of phenols is 1. The number of carbonyl (C=O) groups excluding carboxylic acids is 1. The van der Waals surface area contributed by atoms with E-state index in [1.165, 1.54) is 0 Å². The normalized spacial score (nSPS) is 15.1. The molecular formula is C25H32N4O3. The second-order valence-electron chi connectivity index (χ2n) is 7.93. The summed E-state index contributed by atoms with van der Waals surface area (Å²) in [5.41, 5.74) is 9.48. The van der Waals surface area contributed by atoms with Gasteiger partial charge in [0.2, 0.25) is 0 Å². The van der Waals surface area contributed by atoms with Gasteiger partial charge in [0.1, 0.15) is 5.75 Å². The summed E-state index contributed by atoms with van der Waals surface area (Å²) >= 11 is 0. The Kier molecular flexibility index (Phi) is 8.03. The third-order valence-corrected chi connectivity index (χ3v) is 5.67. The Labute approximate surface area is 189 Å². The molecule has 1 heterocycles. The van der Waals surface area contributed by atoms with Crippen LogP contribution in [0, 0.1) is 12.3 Å². The molecule has 0 aliphatic carbocycles. The monoisotopic (exact) mass is 436 g/mol. The van der Waals surface area contributed by atoms with Gasteiger partial charge in [0.05, 0.1) is 12.3 Å². The molecule has 7 heteroatoms. The Balaban J connectivity index is 1.65. The molecular weight excluding hydrogens is 404 g/mol. The second kappa shape index (κ2) is 10.9. The zero-order chi connectivity index (χ0) is 23.1. The molecule has 0 saturated carbocycles. The van der Waals surface area contributed by atoms with Crippen LogP contribution in [-0.2, 0) is 4.74 Å². The molecule has 0 atom stereocenters. The summed E-state index contributed by atoms with van der Waals surface area (Å²) in [4.78, 5) is 17.2.